The van der Waals surface area contributed by atoms with Gasteiger partial charge in [-0.05, 0) is 31.4 Å². The summed E-state index contributed by atoms with van der Waals surface area (Å²) in [5.41, 5.74) is 5.28. The molecule has 0 radical (unpaired) electrons. The lowest BCUT2D eigenvalue weighted by Crippen LogP contribution is -2.54. The molecule has 2 aliphatic heterocycles. The van der Waals surface area contributed by atoms with Crippen LogP contribution in [0.3, 0.4) is 0 Å². The van der Waals surface area contributed by atoms with Crippen LogP contribution in [0.5, 0.6) is 0 Å². The number of hydrogen-bond donors (Lipinski definition) is 2. The van der Waals surface area contributed by atoms with Crippen molar-refractivity contribution >= 4 is 17.8 Å². The largest absolute Gasteiger partial charge is 0.345 e. The van der Waals surface area contributed by atoms with Gasteiger partial charge < -0.3 is 4.90 Å². The molecule has 2 N–H and O–H groups in total. The lowest BCUT2D eigenvalue weighted by Gasteiger charge is -2.29. The van der Waals surface area contributed by atoms with Crippen LogP contribution < -0.4 is 10.9 Å². The van der Waals surface area contributed by atoms with Crippen molar-refractivity contribution in [3.05, 3.63) is 35.9 Å². The quantitative estimate of drug-likeness (QED) is 0.593. The number of rotatable bonds is 6. The van der Waals surface area contributed by atoms with Crippen LogP contribution in [0.25, 0.3) is 0 Å². The molecular formula is C18H24N4O4. The third kappa shape index (κ3) is 3.80. The third-order valence-corrected chi connectivity index (χ3v) is 4.69. The maximum atomic E-state index is 12.5. The Balaban J connectivity index is 1.54. The number of piperidine rings is 1. The van der Waals surface area contributed by atoms with Crippen LogP contribution in [0, 0.1) is 0 Å². The highest BCUT2D eigenvalue weighted by atomic mass is 16.7. The van der Waals surface area contributed by atoms with E-state index in [0.29, 0.717) is 31.6 Å². The number of benzene rings is 1. The molecule has 0 saturated carbocycles. The van der Waals surface area contributed by atoms with Crippen LogP contribution in [0.4, 0.5) is 4.79 Å². The number of fused-ring (bicyclic) bond motifs is 2. The minimum Gasteiger partial charge on any atom is -0.309 e. The van der Waals surface area contributed by atoms with E-state index >= 15 is 0 Å². The highest BCUT2D eigenvalue weighted by molar-refractivity contribution is 5.96. The molecule has 0 aromatic heterocycles. The molecule has 2 aliphatic rings. The Hall–Kier alpha value is -2.61. The molecule has 2 bridgehead atoms. The lowest BCUT2D eigenvalue weighted by molar-refractivity contribution is -0.131. The average molecular weight is 360 g/mol. The fourth-order valence-electron chi connectivity index (χ4n) is 3.24. The Labute approximate surface area is 152 Å². The van der Waals surface area contributed by atoms with Gasteiger partial charge in [-0.25, -0.2) is 4.79 Å². The summed E-state index contributed by atoms with van der Waals surface area (Å²) >= 11 is 0. The van der Waals surface area contributed by atoms with E-state index in [1.807, 2.05) is 0 Å². The predicted molar refractivity (Wildman–Crippen MR) is 93.7 cm³/mol. The molecule has 2 atom stereocenters. The van der Waals surface area contributed by atoms with E-state index in [4.69, 9.17) is 4.84 Å². The van der Waals surface area contributed by atoms with E-state index in [0.717, 1.165) is 12.8 Å². The summed E-state index contributed by atoms with van der Waals surface area (Å²) in [4.78, 5) is 44.1. The van der Waals surface area contributed by atoms with Crippen LogP contribution in [-0.2, 0) is 9.63 Å². The number of amides is 4. The molecule has 4 amide bonds. The summed E-state index contributed by atoms with van der Waals surface area (Å²) in [6.45, 7) is 3.02. The van der Waals surface area contributed by atoms with E-state index in [9.17, 15) is 14.4 Å². The molecule has 1 aromatic carbocycles. The topological polar surface area (TPSA) is 91.0 Å². The minimum absolute atomic E-state index is 0.0117. The van der Waals surface area contributed by atoms with Crippen LogP contribution in [0.15, 0.2) is 30.3 Å². The molecule has 26 heavy (non-hydrogen) atoms. The summed E-state index contributed by atoms with van der Waals surface area (Å²) in [6.07, 6.45) is 3.10. The number of hydrazine groups is 1. The number of nitrogens with zero attached hydrogens (tertiary/aromatic N) is 2. The first kappa shape index (κ1) is 18.2. The molecule has 140 valence electrons. The van der Waals surface area contributed by atoms with Crippen molar-refractivity contribution in [3.8, 4) is 0 Å². The van der Waals surface area contributed by atoms with E-state index in [1.165, 1.54) is 9.96 Å². The Morgan fingerprint density at radius 2 is 1.96 bits per heavy atom. The summed E-state index contributed by atoms with van der Waals surface area (Å²) in [6, 6.07) is 7.71. The zero-order valence-corrected chi connectivity index (χ0v) is 14.8. The number of unbranched alkanes of at least 4 members (excludes halogenated alkanes) is 1. The van der Waals surface area contributed by atoms with Crippen LogP contribution in [0.1, 0.15) is 43.0 Å². The van der Waals surface area contributed by atoms with Gasteiger partial charge in [0.15, 0.2) is 0 Å². The van der Waals surface area contributed by atoms with Crippen LogP contribution in [-0.4, -0.2) is 53.0 Å². The fourth-order valence-corrected chi connectivity index (χ4v) is 3.24. The zero-order chi connectivity index (χ0) is 18.5. The maximum Gasteiger partial charge on any atom is 0.345 e. The van der Waals surface area contributed by atoms with E-state index in [1.54, 1.807) is 30.3 Å². The summed E-state index contributed by atoms with van der Waals surface area (Å²) in [7, 11) is 0. The molecule has 2 fully saturated rings. The van der Waals surface area contributed by atoms with Gasteiger partial charge in [0.2, 0.25) is 0 Å². The van der Waals surface area contributed by atoms with Crippen molar-refractivity contribution in [1.82, 2.24) is 20.8 Å². The smallest absolute Gasteiger partial charge is 0.309 e. The first-order valence-corrected chi connectivity index (χ1v) is 8.99. The molecule has 0 unspecified atom stereocenters. The maximum absolute atomic E-state index is 12.5. The van der Waals surface area contributed by atoms with Gasteiger partial charge >= 0.3 is 6.03 Å². The standard InChI is InChI=1S/C18H24N4O4/c1-2-3-11-26-22-14-9-10-15(21(12-14)18(22)25)17(24)20-19-16(23)13-7-5-4-6-8-13/h4-8,14-15H,2-3,9-12H2,1H3,(H,19,23)(H,20,24)/t14-,15-/m0/s1. The Morgan fingerprint density at radius 3 is 2.69 bits per heavy atom. The van der Waals surface area contributed by atoms with Gasteiger partial charge in [0.25, 0.3) is 11.8 Å². The second-order valence-corrected chi connectivity index (χ2v) is 6.50. The fraction of sp³-hybridized carbons (Fsp3) is 0.500. The normalized spacial score (nSPS) is 21.7. The number of nitrogens with one attached hydrogen (secondary N) is 2. The first-order chi connectivity index (χ1) is 12.6. The van der Waals surface area contributed by atoms with Gasteiger partial charge in [-0.1, -0.05) is 31.5 Å². The molecule has 8 heteroatoms. The van der Waals surface area contributed by atoms with Crippen molar-refractivity contribution < 1.29 is 19.2 Å². The zero-order valence-electron chi connectivity index (χ0n) is 14.8. The lowest BCUT2D eigenvalue weighted by atomic mass is 10.0. The summed E-state index contributed by atoms with van der Waals surface area (Å²) < 4.78 is 0. The second-order valence-electron chi connectivity index (χ2n) is 6.50. The Bertz CT molecular complexity index is 666. The highest BCUT2D eigenvalue weighted by Crippen LogP contribution is 2.30. The van der Waals surface area contributed by atoms with Crippen molar-refractivity contribution in [2.24, 2.45) is 0 Å². The predicted octanol–water partition coefficient (Wildman–Crippen LogP) is 1.45. The molecule has 0 aliphatic carbocycles. The third-order valence-electron chi connectivity index (χ3n) is 4.69. The van der Waals surface area contributed by atoms with Gasteiger partial charge in [0.05, 0.1) is 12.6 Å². The highest BCUT2D eigenvalue weighted by Gasteiger charge is 2.47. The summed E-state index contributed by atoms with van der Waals surface area (Å²) in [5.74, 6) is -0.790. The molecule has 8 nitrogen and oxygen atoms in total. The number of carbonyl (C=O) groups is 3. The Morgan fingerprint density at radius 1 is 1.19 bits per heavy atom. The van der Waals surface area contributed by atoms with E-state index in [-0.39, 0.29) is 12.1 Å². The van der Waals surface area contributed by atoms with Gasteiger partial charge in [-0.3, -0.25) is 25.3 Å². The number of carbonyl (C=O) groups excluding carboxylic acids is 3. The van der Waals surface area contributed by atoms with Crippen molar-refractivity contribution in [2.75, 3.05) is 13.2 Å². The van der Waals surface area contributed by atoms with Gasteiger partial charge in [0, 0.05) is 12.1 Å². The minimum atomic E-state index is -0.602. The van der Waals surface area contributed by atoms with Gasteiger partial charge in [0.1, 0.15) is 6.04 Å². The van der Waals surface area contributed by atoms with E-state index < -0.39 is 17.9 Å². The summed E-state index contributed by atoms with van der Waals surface area (Å²) in [5, 5.41) is 1.41. The SMILES string of the molecule is CCCCON1C(=O)N2C[C@@H]1CC[C@H]2C(=O)NNC(=O)c1ccccc1. The van der Waals surface area contributed by atoms with E-state index in [2.05, 4.69) is 17.8 Å². The van der Waals surface area contributed by atoms with Crippen molar-refractivity contribution in [1.29, 1.82) is 0 Å². The molecule has 2 heterocycles. The van der Waals surface area contributed by atoms with Crippen LogP contribution >= 0.6 is 0 Å². The molecular weight excluding hydrogens is 336 g/mol. The molecule has 2 saturated heterocycles. The van der Waals surface area contributed by atoms with Crippen molar-refractivity contribution in [3.63, 3.8) is 0 Å². The van der Waals surface area contributed by atoms with Gasteiger partial charge in [-0.2, -0.15) is 5.06 Å². The van der Waals surface area contributed by atoms with Gasteiger partial charge in [-0.15, -0.1) is 0 Å². The number of hydrogen-bond acceptors (Lipinski definition) is 4. The van der Waals surface area contributed by atoms with Crippen molar-refractivity contribution in [2.45, 2.75) is 44.7 Å². The molecule has 0 spiro atoms. The molecule has 3 rings (SSSR count). The molecule has 1 aromatic rings. The first-order valence-electron chi connectivity index (χ1n) is 8.99. The monoisotopic (exact) mass is 360 g/mol. The number of hydroxylamine groups is 2. The number of urea groups is 1. The second kappa shape index (κ2) is 8.18. The van der Waals surface area contributed by atoms with Crippen LogP contribution in [0.2, 0.25) is 0 Å². The Kier molecular flexibility index (Phi) is 5.72. The average Bonchev–Trinajstić information content (AvgIpc) is 2.91.